The van der Waals surface area contributed by atoms with E-state index in [1.54, 1.807) is 0 Å². The van der Waals surface area contributed by atoms with E-state index in [1.165, 1.54) is 0 Å². The lowest BCUT2D eigenvalue weighted by Gasteiger charge is -2.16. The molecular weight excluding hydrogens is 226 g/mol. The Kier molecular flexibility index (Phi) is 5.79. The lowest BCUT2D eigenvalue weighted by molar-refractivity contribution is -0.122. The van der Waals surface area contributed by atoms with E-state index < -0.39 is 0 Å². The van der Waals surface area contributed by atoms with Crippen molar-refractivity contribution < 1.29 is 9.53 Å². The van der Waals surface area contributed by atoms with Crippen LogP contribution in [0.15, 0.2) is 30.3 Å². The van der Waals surface area contributed by atoms with Crippen molar-refractivity contribution in [1.82, 2.24) is 5.32 Å². The Labute approximate surface area is 109 Å². The van der Waals surface area contributed by atoms with Gasteiger partial charge in [0.15, 0.2) is 0 Å². The first-order valence-corrected chi connectivity index (χ1v) is 6.07. The van der Waals surface area contributed by atoms with Crippen LogP contribution in [-0.2, 0) is 4.79 Å². The van der Waals surface area contributed by atoms with Crippen molar-refractivity contribution in [2.45, 2.75) is 26.3 Å². The molecule has 18 heavy (non-hydrogen) atoms. The van der Waals surface area contributed by atoms with Gasteiger partial charge in [0.25, 0.3) is 0 Å². The van der Waals surface area contributed by atoms with Gasteiger partial charge < -0.3 is 10.1 Å². The third-order valence-corrected chi connectivity index (χ3v) is 2.50. The molecule has 0 radical (unpaired) electrons. The first-order chi connectivity index (χ1) is 8.63. The van der Waals surface area contributed by atoms with Gasteiger partial charge in [0.1, 0.15) is 5.75 Å². The van der Waals surface area contributed by atoms with E-state index in [9.17, 15) is 4.79 Å². The summed E-state index contributed by atoms with van der Waals surface area (Å²) in [5, 5.41) is 2.80. The Morgan fingerprint density at radius 1 is 1.39 bits per heavy atom. The molecule has 1 atom stereocenters. The summed E-state index contributed by atoms with van der Waals surface area (Å²) in [5.41, 5.74) is 0. The summed E-state index contributed by atoms with van der Waals surface area (Å²) in [7, 11) is 0. The number of carbonyl (C=O) groups is 1. The van der Waals surface area contributed by atoms with E-state index in [4.69, 9.17) is 11.2 Å². The fraction of sp³-hybridized carbons (Fsp3) is 0.400. The highest BCUT2D eigenvalue weighted by Crippen LogP contribution is 2.08. The van der Waals surface area contributed by atoms with Crippen molar-refractivity contribution >= 4 is 5.91 Å². The lowest BCUT2D eigenvalue weighted by Crippen LogP contribution is -2.37. The Morgan fingerprint density at radius 3 is 2.61 bits per heavy atom. The van der Waals surface area contributed by atoms with Crippen molar-refractivity contribution in [3.8, 4) is 18.1 Å². The summed E-state index contributed by atoms with van der Waals surface area (Å²) in [5.74, 6) is 3.48. The average molecular weight is 245 g/mol. The van der Waals surface area contributed by atoms with Gasteiger partial charge in [-0.25, -0.2) is 0 Å². The van der Waals surface area contributed by atoms with E-state index in [0.29, 0.717) is 13.0 Å². The fourth-order valence-electron chi connectivity index (χ4n) is 1.42. The van der Waals surface area contributed by atoms with Crippen molar-refractivity contribution in [2.75, 3.05) is 6.61 Å². The molecule has 0 saturated carbocycles. The minimum Gasteiger partial charge on any atom is -0.493 e. The Balaban J connectivity index is 2.28. The topological polar surface area (TPSA) is 38.3 Å². The van der Waals surface area contributed by atoms with Crippen molar-refractivity contribution in [3.05, 3.63) is 30.3 Å². The summed E-state index contributed by atoms with van der Waals surface area (Å²) >= 11 is 0. The number of para-hydroxylation sites is 1. The lowest BCUT2D eigenvalue weighted by atomic mass is 10.1. The molecule has 1 N–H and O–H groups in total. The second kappa shape index (κ2) is 7.39. The Bertz CT molecular complexity index is 406. The molecule has 1 aromatic rings. The van der Waals surface area contributed by atoms with Crippen molar-refractivity contribution in [1.29, 1.82) is 0 Å². The molecule has 96 valence electrons. The maximum Gasteiger partial charge on any atom is 0.224 e. The predicted molar refractivity (Wildman–Crippen MR) is 72.2 cm³/mol. The normalized spacial score (nSPS) is 11.7. The van der Waals surface area contributed by atoms with Crippen LogP contribution in [0, 0.1) is 18.3 Å². The van der Waals surface area contributed by atoms with E-state index in [0.717, 1.165) is 5.75 Å². The molecule has 0 fully saturated rings. The number of benzene rings is 1. The van der Waals surface area contributed by atoms with Gasteiger partial charge in [-0.3, -0.25) is 4.79 Å². The smallest absolute Gasteiger partial charge is 0.224 e. The Morgan fingerprint density at radius 2 is 2.06 bits per heavy atom. The zero-order valence-electron chi connectivity index (χ0n) is 10.8. The summed E-state index contributed by atoms with van der Waals surface area (Å²) in [6, 6.07) is 9.20. The number of nitrogens with one attached hydrogen (secondary N) is 1. The van der Waals surface area contributed by atoms with Gasteiger partial charge in [0.2, 0.25) is 5.91 Å². The molecule has 0 spiro atoms. The largest absolute Gasteiger partial charge is 0.493 e. The van der Waals surface area contributed by atoms with Crippen LogP contribution in [0.5, 0.6) is 5.75 Å². The molecule has 0 aliphatic rings. The zero-order chi connectivity index (χ0) is 13.4. The number of carbonyl (C=O) groups excluding carboxylic acids is 1. The summed E-state index contributed by atoms with van der Waals surface area (Å²) in [4.78, 5) is 11.6. The summed E-state index contributed by atoms with van der Waals surface area (Å²) in [6.07, 6.45) is 5.65. The van der Waals surface area contributed by atoms with Crippen molar-refractivity contribution in [3.63, 3.8) is 0 Å². The molecule has 1 aromatic carbocycles. The standard InChI is InChI=1S/C15H19NO2/c1-4-14(12(2)3)16-15(17)10-11-18-13-8-6-5-7-9-13/h1,5-9,12,14H,10-11H2,2-3H3,(H,16,17). The van der Waals surface area contributed by atoms with Gasteiger partial charge >= 0.3 is 0 Å². The number of terminal acetylenes is 1. The molecule has 1 rings (SSSR count). The number of hydrogen-bond acceptors (Lipinski definition) is 2. The number of amides is 1. The first-order valence-electron chi connectivity index (χ1n) is 6.07. The van der Waals surface area contributed by atoms with E-state index in [1.807, 2.05) is 44.2 Å². The monoisotopic (exact) mass is 245 g/mol. The molecule has 0 heterocycles. The molecule has 0 aliphatic carbocycles. The number of ether oxygens (including phenoxy) is 1. The van der Waals surface area contributed by atoms with Crippen LogP contribution in [0.2, 0.25) is 0 Å². The number of rotatable bonds is 6. The zero-order valence-corrected chi connectivity index (χ0v) is 10.8. The number of hydrogen-bond donors (Lipinski definition) is 1. The van der Waals surface area contributed by atoms with E-state index >= 15 is 0 Å². The predicted octanol–water partition coefficient (Wildman–Crippen LogP) is 2.23. The van der Waals surface area contributed by atoms with Crippen LogP contribution < -0.4 is 10.1 Å². The van der Waals surface area contributed by atoms with E-state index in [2.05, 4.69) is 11.2 Å². The molecule has 1 amide bonds. The fourth-order valence-corrected chi connectivity index (χ4v) is 1.42. The minimum absolute atomic E-state index is 0.0809. The summed E-state index contributed by atoms with van der Waals surface area (Å²) in [6.45, 7) is 4.31. The second-order valence-corrected chi connectivity index (χ2v) is 4.37. The first kappa shape index (κ1) is 14.1. The van der Waals surface area contributed by atoms with Crippen LogP contribution >= 0.6 is 0 Å². The molecule has 0 bridgehead atoms. The molecule has 0 saturated heterocycles. The third kappa shape index (κ3) is 4.92. The maximum absolute atomic E-state index is 11.6. The highest BCUT2D eigenvalue weighted by molar-refractivity contribution is 5.76. The van der Waals surface area contributed by atoms with Crippen LogP contribution in [0.4, 0.5) is 0 Å². The Hall–Kier alpha value is -1.95. The molecule has 3 heteroatoms. The summed E-state index contributed by atoms with van der Waals surface area (Å²) < 4.78 is 5.44. The van der Waals surface area contributed by atoms with Gasteiger partial charge in [0.05, 0.1) is 19.1 Å². The SMILES string of the molecule is C#CC(NC(=O)CCOc1ccccc1)C(C)C. The molecule has 0 aliphatic heterocycles. The molecule has 1 unspecified atom stereocenters. The minimum atomic E-state index is -0.214. The quantitative estimate of drug-likeness (QED) is 0.780. The van der Waals surface area contributed by atoms with Crippen LogP contribution in [-0.4, -0.2) is 18.6 Å². The van der Waals surface area contributed by atoms with Gasteiger partial charge in [-0.05, 0) is 18.1 Å². The maximum atomic E-state index is 11.6. The van der Waals surface area contributed by atoms with Crippen LogP contribution in [0.3, 0.4) is 0 Å². The van der Waals surface area contributed by atoms with Gasteiger partial charge in [-0.2, -0.15) is 0 Å². The third-order valence-electron chi connectivity index (χ3n) is 2.50. The van der Waals surface area contributed by atoms with Gasteiger partial charge in [0, 0.05) is 0 Å². The van der Waals surface area contributed by atoms with Crippen LogP contribution in [0.25, 0.3) is 0 Å². The second-order valence-electron chi connectivity index (χ2n) is 4.37. The van der Waals surface area contributed by atoms with Gasteiger partial charge in [-0.1, -0.05) is 38.0 Å². The van der Waals surface area contributed by atoms with Gasteiger partial charge in [-0.15, -0.1) is 6.42 Å². The highest BCUT2D eigenvalue weighted by Gasteiger charge is 2.12. The van der Waals surface area contributed by atoms with Crippen LogP contribution in [0.1, 0.15) is 20.3 Å². The molecule has 0 aromatic heterocycles. The van der Waals surface area contributed by atoms with E-state index in [-0.39, 0.29) is 17.9 Å². The highest BCUT2D eigenvalue weighted by atomic mass is 16.5. The molecule has 3 nitrogen and oxygen atoms in total. The molecular formula is C15H19NO2. The average Bonchev–Trinajstić information content (AvgIpc) is 2.37. The van der Waals surface area contributed by atoms with Crippen molar-refractivity contribution in [2.24, 2.45) is 5.92 Å².